The van der Waals surface area contributed by atoms with Gasteiger partial charge in [-0.25, -0.2) is 17.9 Å². The number of benzene rings is 2. The lowest BCUT2D eigenvalue weighted by Gasteiger charge is -2.21. The van der Waals surface area contributed by atoms with E-state index in [4.69, 9.17) is 11.6 Å². The van der Waals surface area contributed by atoms with Crippen LogP contribution in [-0.4, -0.2) is 32.9 Å². The Morgan fingerprint density at radius 3 is 2.66 bits per heavy atom. The van der Waals surface area contributed by atoms with Crippen LogP contribution in [0.4, 0.5) is 24.5 Å². The van der Waals surface area contributed by atoms with Gasteiger partial charge in [-0.3, -0.25) is 4.98 Å². The Bertz CT molecular complexity index is 1600. The number of nitrogens with one attached hydrogen (secondary N) is 2. The topological polar surface area (TPSA) is 91.5 Å². The highest BCUT2D eigenvalue weighted by atomic mass is 35.5. The molecule has 0 bridgehead atoms. The van der Waals surface area contributed by atoms with Gasteiger partial charge in [0.1, 0.15) is 17.6 Å². The molecule has 2 aromatic carbocycles. The van der Waals surface area contributed by atoms with Crippen molar-refractivity contribution in [1.29, 1.82) is 5.26 Å². The predicted molar refractivity (Wildman–Crippen MR) is 138 cm³/mol. The van der Waals surface area contributed by atoms with Crippen LogP contribution in [0.1, 0.15) is 55.9 Å². The highest BCUT2D eigenvalue weighted by molar-refractivity contribution is 6.35. The lowest BCUT2D eigenvalue weighted by Crippen LogP contribution is -2.23. The van der Waals surface area contributed by atoms with Crippen LogP contribution in [0.25, 0.3) is 10.9 Å². The van der Waals surface area contributed by atoms with Crippen LogP contribution in [-0.2, 0) is 0 Å². The molecular formula is C27H23ClF3N7. The second kappa shape index (κ2) is 9.48. The number of nitrogens with zero attached hydrogens (tertiary/aromatic N) is 5. The molecule has 38 heavy (non-hydrogen) atoms. The second-order valence-corrected chi connectivity index (χ2v) is 10.3. The molecule has 2 N–H and O–H groups in total. The number of nitriles is 1. The van der Waals surface area contributed by atoms with E-state index in [1.165, 1.54) is 30.5 Å². The number of pyridine rings is 1. The summed E-state index contributed by atoms with van der Waals surface area (Å²) in [6.45, 7) is -0.00400. The van der Waals surface area contributed by atoms with E-state index in [0.29, 0.717) is 46.4 Å². The van der Waals surface area contributed by atoms with Crippen LogP contribution >= 0.6 is 11.6 Å². The monoisotopic (exact) mass is 538 g/mol. The zero-order valence-corrected chi connectivity index (χ0v) is 20.8. The van der Waals surface area contributed by atoms with Crippen molar-refractivity contribution in [3.8, 4) is 6.07 Å². The summed E-state index contributed by atoms with van der Waals surface area (Å²) in [5, 5.41) is 25.1. The molecule has 2 aliphatic carbocycles. The van der Waals surface area contributed by atoms with Crippen molar-refractivity contribution in [2.24, 2.45) is 5.41 Å². The minimum absolute atomic E-state index is 0.00400. The number of hydrogen-bond acceptors (Lipinski definition) is 6. The van der Waals surface area contributed by atoms with Crippen LogP contribution in [0.2, 0.25) is 5.02 Å². The predicted octanol–water partition coefficient (Wildman–Crippen LogP) is 6.48. The zero-order chi connectivity index (χ0) is 27.4. The SMILES string of the molecule is [2H][C@@](Nc1cc(Cl)c2ncc(C#N)c(NCC3(C(F)F)CC3)c2c1)(c1ccc(F)cc1)c1cn(C2CC2)nn1. The molecule has 0 aliphatic heterocycles. The van der Waals surface area contributed by atoms with Crippen LogP contribution < -0.4 is 10.6 Å². The maximum Gasteiger partial charge on any atom is 0.245 e. The van der Waals surface area contributed by atoms with E-state index >= 15 is 0 Å². The molecular weight excluding hydrogens is 515 g/mol. The fraction of sp³-hybridized carbons (Fsp3) is 0.333. The Labute approximate surface area is 223 Å². The molecule has 0 radical (unpaired) electrons. The van der Waals surface area contributed by atoms with Crippen molar-refractivity contribution in [1.82, 2.24) is 20.0 Å². The van der Waals surface area contributed by atoms with E-state index in [2.05, 4.69) is 32.0 Å². The minimum Gasteiger partial charge on any atom is -0.383 e. The van der Waals surface area contributed by atoms with Crippen LogP contribution in [0.5, 0.6) is 0 Å². The fourth-order valence-corrected chi connectivity index (χ4v) is 4.73. The molecule has 4 aromatic rings. The summed E-state index contributed by atoms with van der Waals surface area (Å²) in [6, 6.07) is 9.40. The van der Waals surface area contributed by atoms with Crippen molar-refractivity contribution >= 4 is 33.9 Å². The third kappa shape index (κ3) is 4.63. The average Bonchev–Trinajstić information content (AvgIpc) is 3.86. The smallest absolute Gasteiger partial charge is 0.245 e. The van der Waals surface area contributed by atoms with Gasteiger partial charge in [0.25, 0.3) is 0 Å². The zero-order valence-electron chi connectivity index (χ0n) is 21.1. The molecule has 0 unspecified atom stereocenters. The van der Waals surface area contributed by atoms with Crippen molar-refractivity contribution in [3.63, 3.8) is 0 Å². The van der Waals surface area contributed by atoms with Gasteiger partial charge in [-0.1, -0.05) is 28.9 Å². The maximum absolute atomic E-state index is 13.8. The molecule has 0 spiro atoms. The summed E-state index contributed by atoms with van der Waals surface area (Å²) in [6.07, 6.45) is 3.34. The van der Waals surface area contributed by atoms with Gasteiger partial charge in [0.2, 0.25) is 6.43 Å². The standard InChI is InChI=1S/C27H23ClF3N7/c28-21-10-18(9-20-23(16(11-32)12-33-25(20)21)34-14-27(7-8-27)26(30)31)35-24(15-1-3-17(29)4-2-15)22-13-38(37-36-22)19-5-6-19/h1-4,9-10,12-13,19,24,26,35H,5-8,14H2,(H,33,34)/t24-/m1/s1/i24D. The van der Waals surface area contributed by atoms with E-state index in [1.54, 1.807) is 23.0 Å². The summed E-state index contributed by atoms with van der Waals surface area (Å²) < 4.78 is 52.1. The molecule has 0 saturated heterocycles. The number of halogens is 4. The van der Waals surface area contributed by atoms with Crippen LogP contribution in [0.3, 0.4) is 0 Å². The van der Waals surface area contributed by atoms with Gasteiger partial charge in [-0.2, -0.15) is 5.26 Å². The molecule has 1 atom stereocenters. The van der Waals surface area contributed by atoms with Gasteiger partial charge in [0.15, 0.2) is 0 Å². The Morgan fingerprint density at radius 1 is 1.24 bits per heavy atom. The van der Waals surface area contributed by atoms with Crippen molar-refractivity contribution in [2.75, 3.05) is 17.2 Å². The van der Waals surface area contributed by atoms with Crippen LogP contribution in [0.15, 0.2) is 48.8 Å². The largest absolute Gasteiger partial charge is 0.383 e. The van der Waals surface area contributed by atoms with Gasteiger partial charge in [-0.15, -0.1) is 5.10 Å². The Hall–Kier alpha value is -3.84. The first-order valence-corrected chi connectivity index (χ1v) is 12.6. The number of alkyl halides is 2. The summed E-state index contributed by atoms with van der Waals surface area (Å²) >= 11 is 6.60. The third-order valence-electron chi connectivity index (χ3n) is 7.11. The fourth-order valence-electron chi connectivity index (χ4n) is 4.46. The Kier molecular flexibility index (Phi) is 5.81. The number of hydrogen-bond donors (Lipinski definition) is 2. The van der Waals surface area contributed by atoms with Gasteiger partial charge >= 0.3 is 0 Å². The van der Waals surface area contributed by atoms with E-state index in [-0.39, 0.29) is 23.2 Å². The molecule has 2 fully saturated rings. The summed E-state index contributed by atoms with van der Waals surface area (Å²) in [7, 11) is 0. The average molecular weight is 539 g/mol. The molecule has 194 valence electrons. The highest BCUT2D eigenvalue weighted by Crippen LogP contribution is 2.51. The lowest BCUT2D eigenvalue weighted by molar-refractivity contribution is 0.0688. The van der Waals surface area contributed by atoms with E-state index < -0.39 is 23.7 Å². The number of fused-ring (bicyclic) bond motifs is 1. The number of anilines is 2. The Morgan fingerprint density at radius 2 is 2.00 bits per heavy atom. The lowest BCUT2D eigenvalue weighted by atomic mass is 10.0. The molecule has 2 heterocycles. The van der Waals surface area contributed by atoms with Crippen molar-refractivity contribution < 1.29 is 14.5 Å². The first-order chi connectivity index (χ1) is 18.7. The van der Waals surface area contributed by atoms with E-state index in [9.17, 15) is 19.8 Å². The van der Waals surface area contributed by atoms with Gasteiger partial charge < -0.3 is 10.6 Å². The summed E-state index contributed by atoms with van der Waals surface area (Å²) in [5.74, 6) is -0.445. The molecule has 2 saturated carbocycles. The first-order valence-electron chi connectivity index (χ1n) is 12.7. The summed E-state index contributed by atoms with van der Waals surface area (Å²) in [4.78, 5) is 4.32. The first kappa shape index (κ1) is 23.3. The van der Waals surface area contributed by atoms with Crippen molar-refractivity contribution in [2.45, 2.75) is 44.2 Å². The third-order valence-corrected chi connectivity index (χ3v) is 7.40. The van der Waals surface area contributed by atoms with Crippen LogP contribution in [0, 0.1) is 22.6 Å². The van der Waals surface area contributed by atoms with Gasteiger partial charge in [0.05, 0.1) is 41.4 Å². The number of rotatable bonds is 9. The highest BCUT2D eigenvalue weighted by Gasteiger charge is 2.50. The minimum atomic E-state index is -2.48. The Balaban J connectivity index is 1.43. The van der Waals surface area contributed by atoms with Gasteiger partial charge in [-0.05, 0) is 55.5 Å². The van der Waals surface area contributed by atoms with Gasteiger partial charge in [0, 0.05) is 29.2 Å². The molecule has 6 rings (SSSR count). The molecule has 11 heteroatoms. The normalized spacial score (nSPS) is 18.1. The summed E-state index contributed by atoms with van der Waals surface area (Å²) in [5.41, 5.74) is 0.894. The molecule has 2 aromatic heterocycles. The second-order valence-electron chi connectivity index (χ2n) is 9.85. The maximum atomic E-state index is 13.8. The molecule has 2 aliphatic rings. The molecule has 7 nitrogen and oxygen atoms in total. The van der Waals surface area contributed by atoms with E-state index in [0.717, 1.165) is 12.8 Å². The molecule has 0 amide bonds. The van der Waals surface area contributed by atoms with E-state index in [1.807, 2.05) is 0 Å². The number of aromatic nitrogens is 4. The van der Waals surface area contributed by atoms with Crippen molar-refractivity contribution in [3.05, 3.63) is 76.5 Å². The quantitative estimate of drug-likeness (QED) is 0.253.